The zero-order valence-electron chi connectivity index (χ0n) is 11.9. The van der Waals surface area contributed by atoms with Gasteiger partial charge >= 0.3 is 0 Å². The molecule has 0 amide bonds. The van der Waals surface area contributed by atoms with E-state index in [4.69, 9.17) is 4.74 Å². The number of methoxy groups -OCH3 is 1. The first-order valence-electron chi connectivity index (χ1n) is 6.39. The average molecular weight is 276 g/mol. The van der Waals surface area contributed by atoms with Crippen molar-refractivity contribution >= 4 is 11.3 Å². The van der Waals surface area contributed by atoms with Gasteiger partial charge in [0.2, 0.25) is 0 Å². The Morgan fingerprint density at radius 1 is 1.37 bits per heavy atom. The predicted molar refractivity (Wildman–Crippen MR) is 79.8 cm³/mol. The second kappa shape index (κ2) is 6.17. The Bertz CT molecular complexity index is 551. The fourth-order valence-electron chi connectivity index (χ4n) is 2.03. The van der Waals surface area contributed by atoms with E-state index in [9.17, 15) is 0 Å². The standard InChI is InChI=1S/C15H20N2OS/c1-10-5-6-14(15(7-10)18-4)11(2)16-8-13-9-17-12(3)19-13/h5-7,9,11,16H,8H2,1-4H3. The van der Waals surface area contributed by atoms with Crippen LogP contribution in [0.3, 0.4) is 0 Å². The van der Waals surface area contributed by atoms with Crippen LogP contribution in [0.5, 0.6) is 5.75 Å². The summed E-state index contributed by atoms with van der Waals surface area (Å²) in [5.74, 6) is 0.945. The highest BCUT2D eigenvalue weighted by molar-refractivity contribution is 7.11. The van der Waals surface area contributed by atoms with Crippen LogP contribution < -0.4 is 10.1 Å². The first-order chi connectivity index (χ1) is 9.10. The molecule has 0 saturated carbocycles. The van der Waals surface area contributed by atoms with Gasteiger partial charge < -0.3 is 10.1 Å². The highest BCUT2D eigenvalue weighted by Crippen LogP contribution is 2.26. The maximum absolute atomic E-state index is 5.45. The number of aryl methyl sites for hydroxylation is 2. The smallest absolute Gasteiger partial charge is 0.123 e. The Morgan fingerprint density at radius 3 is 2.79 bits per heavy atom. The molecule has 0 saturated heterocycles. The summed E-state index contributed by atoms with van der Waals surface area (Å²) < 4.78 is 5.45. The van der Waals surface area contributed by atoms with E-state index < -0.39 is 0 Å². The van der Waals surface area contributed by atoms with Crippen LogP contribution in [0, 0.1) is 13.8 Å². The summed E-state index contributed by atoms with van der Waals surface area (Å²) in [6.45, 7) is 7.09. The molecule has 0 radical (unpaired) electrons. The van der Waals surface area contributed by atoms with E-state index >= 15 is 0 Å². The van der Waals surface area contributed by atoms with Crippen molar-refractivity contribution in [3.8, 4) is 5.75 Å². The molecule has 2 aromatic rings. The SMILES string of the molecule is COc1cc(C)ccc1C(C)NCc1cnc(C)s1. The average Bonchev–Trinajstić information content (AvgIpc) is 2.81. The normalized spacial score (nSPS) is 12.4. The largest absolute Gasteiger partial charge is 0.496 e. The summed E-state index contributed by atoms with van der Waals surface area (Å²) in [4.78, 5) is 5.53. The Labute approximate surface area is 118 Å². The Kier molecular flexibility index (Phi) is 4.56. The lowest BCUT2D eigenvalue weighted by atomic mass is 10.0. The lowest BCUT2D eigenvalue weighted by Crippen LogP contribution is -2.18. The van der Waals surface area contributed by atoms with Gasteiger partial charge in [-0.15, -0.1) is 11.3 Å². The van der Waals surface area contributed by atoms with Crippen LogP contribution in [-0.4, -0.2) is 12.1 Å². The minimum Gasteiger partial charge on any atom is -0.496 e. The zero-order valence-corrected chi connectivity index (χ0v) is 12.7. The van der Waals surface area contributed by atoms with E-state index in [1.165, 1.54) is 16.0 Å². The second-order valence-electron chi connectivity index (χ2n) is 4.69. The van der Waals surface area contributed by atoms with Crippen molar-refractivity contribution in [1.82, 2.24) is 10.3 Å². The van der Waals surface area contributed by atoms with E-state index in [-0.39, 0.29) is 6.04 Å². The Morgan fingerprint density at radius 2 is 2.16 bits per heavy atom. The van der Waals surface area contributed by atoms with Gasteiger partial charge in [0.25, 0.3) is 0 Å². The molecule has 0 bridgehead atoms. The molecule has 1 aromatic heterocycles. The molecule has 19 heavy (non-hydrogen) atoms. The van der Waals surface area contributed by atoms with Crippen molar-refractivity contribution in [3.05, 3.63) is 45.4 Å². The number of rotatable bonds is 5. The van der Waals surface area contributed by atoms with Gasteiger partial charge in [0.1, 0.15) is 5.75 Å². The van der Waals surface area contributed by atoms with Gasteiger partial charge in [-0.25, -0.2) is 4.98 Å². The third-order valence-corrected chi connectivity index (χ3v) is 4.02. The van der Waals surface area contributed by atoms with Gasteiger partial charge in [-0.3, -0.25) is 0 Å². The van der Waals surface area contributed by atoms with E-state index in [1.54, 1.807) is 18.4 Å². The van der Waals surface area contributed by atoms with E-state index in [1.807, 2.05) is 13.1 Å². The van der Waals surface area contributed by atoms with E-state index in [0.717, 1.165) is 17.3 Å². The van der Waals surface area contributed by atoms with Gasteiger partial charge in [0.15, 0.2) is 0 Å². The van der Waals surface area contributed by atoms with Crippen molar-refractivity contribution in [2.45, 2.75) is 33.4 Å². The second-order valence-corrected chi connectivity index (χ2v) is 6.01. The Hall–Kier alpha value is -1.39. The fraction of sp³-hybridized carbons (Fsp3) is 0.400. The molecule has 1 N–H and O–H groups in total. The molecule has 0 aliphatic rings. The molecule has 0 aliphatic carbocycles. The van der Waals surface area contributed by atoms with Crippen molar-refractivity contribution in [2.75, 3.05) is 7.11 Å². The molecular formula is C15H20N2OS. The quantitative estimate of drug-likeness (QED) is 0.905. The number of hydrogen-bond donors (Lipinski definition) is 1. The summed E-state index contributed by atoms with van der Waals surface area (Å²) >= 11 is 1.73. The predicted octanol–water partition coefficient (Wildman–Crippen LogP) is 3.62. The molecule has 1 heterocycles. The highest BCUT2D eigenvalue weighted by Gasteiger charge is 2.11. The topological polar surface area (TPSA) is 34.1 Å². The number of aromatic nitrogens is 1. The molecule has 1 unspecified atom stereocenters. The highest BCUT2D eigenvalue weighted by atomic mass is 32.1. The summed E-state index contributed by atoms with van der Waals surface area (Å²) in [5.41, 5.74) is 2.40. The van der Waals surface area contributed by atoms with E-state index in [2.05, 4.69) is 42.3 Å². The lowest BCUT2D eigenvalue weighted by molar-refractivity contribution is 0.401. The van der Waals surface area contributed by atoms with Crippen molar-refractivity contribution in [2.24, 2.45) is 0 Å². The Balaban J connectivity index is 2.05. The van der Waals surface area contributed by atoms with Crippen LogP contribution >= 0.6 is 11.3 Å². The van der Waals surface area contributed by atoms with Crippen molar-refractivity contribution in [1.29, 1.82) is 0 Å². The monoisotopic (exact) mass is 276 g/mol. The molecule has 0 fully saturated rings. The number of thiazole rings is 1. The van der Waals surface area contributed by atoms with Crippen LogP contribution in [0.15, 0.2) is 24.4 Å². The van der Waals surface area contributed by atoms with Gasteiger partial charge in [-0.05, 0) is 32.4 Å². The first-order valence-corrected chi connectivity index (χ1v) is 7.21. The molecule has 4 heteroatoms. The molecule has 0 spiro atoms. The van der Waals surface area contributed by atoms with Gasteiger partial charge in [-0.1, -0.05) is 12.1 Å². The minimum atomic E-state index is 0.248. The van der Waals surface area contributed by atoms with Crippen LogP contribution in [0.1, 0.15) is 34.0 Å². The van der Waals surface area contributed by atoms with E-state index in [0.29, 0.717) is 0 Å². The van der Waals surface area contributed by atoms with Crippen LogP contribution in [0.4, 0.5) is 0 Å². The molecule has 3 nitrogen and oxygen atoms in total. The molecule has 102 valence electrons. The van der Waals surface area contributed by atoms with Gasteiger partial charge in [-0.2, -0.15) is 0 Å². The number of hydrogen-bond acceptors (Lipinski definition) is 4. The fourth-order valence-corrected chi connectivity index (χ4v) is 2.77. The maximum atomic E-state index is 5.45. The lowest BCUT2D eigenvalue weighted by Gasteiger charge is -2.17. The summed E-state index contributed by atoms with van der Waals surface area (Å²) in [7, 11) is 1.72. The minimum absolute atomic E-state index is 0.248. The molecule has 0 aliphatic heterocycles. The number of ether oxygens (including phenoxy) is 1. The third-order valence-electron chi connectivity index (χ3n) is 3.11. The van der Waals surface area contributed by atoms with Gasteiger partial charge in [0, 0.05) is 29.2 Å². The summed E-state index contributed by atoms with van der Waals surface area (Å²) in [6.07, 6.45) is 1.94. The summed E-state index contributed by atoms with van der Waals surface area (Å²) in [5, 5.41) is 4.62. The first kappa shape index (κ1) is 14.0. The molecule has 2 rings (SSSR count). The van der Waals surface area contributed by atoms with Crippen LogP contribution in [-0.2, 0) is 6.54 Å². The zero-order chi connectivity index (χ0) is 13.8. The van der Waals surface area contributed by atoms with Crippen molar-refractivity contribution in [3.63, 3.8) is 0 Å². The number of nitrogens with zero attached hydrogens (tertiary/aromatic N) is 1. The number of benzene rings is 1. The third kappa shape index (κ3) is 3.55. The number of nitrogens with one attached hydrogen (secondary N) is 1. The van der Waals surface area contributed by atoms with Crippen LogP contribution in [0.2, 0.25) is 0 Å². The summed E-state index contributed by atoms with van der Waals surface area (Å²) in [6, 6.07) is 6.57. The molecule has 1 atom stereocenters. The van der Waals surface area contributed by atoms with Crippen LogP contribution in [0.25, 0.3) is 0 Å². The molecular weight excluding hydrogens is 256 g/mol. The van der Waals surface area contributed by atoms with Crippen molar-refractivity contribution < 1.29 is 4.74 Å². The maximum Gasteiger partial charge on any atom is 0.123 e. The molecule has 1 aromatic carbocycles. The van der Waals surface area contributed by atoms with Gasteiger partial charge in [0.05, 0.1) is 12.1 Å².